The zero-order valence-corrected chi connectivity index (χ0v) is 20.1. The molecule has 0 unspecified atom stereocenters. The second kappa shape index (κ2) is 10.8. The van der Waals surface area contributed by atoms with Crippen LogP contribution in [0.3, 0.4) is 0 Å². The van der Waals surface area contributed by atoms with Crippen molar-refractivity contribution in [2.45, 2.75) is 52.5 Å². The number of carboxylic acid groups (broad SMARTS) is 1. The monoisotopic (exact) mass is 477 g/mol. The summed E-state index contributed by atoms with van der Waals surface area (Å²) in [6.07, 6.45) is 4.17. The fraction of sp³-hybridized carbons (Fsp3) is 0.444. The van der Waals surface area contributed by atoms with Gasteiger partial charge in [0.25, 0.3) is 5.56 Å². The number of hydrogen-bond donors (Lipinski definition) is 1. The second-order valence-electron chi connectivity index (χ2n) is 9.35. The van der Waals surface area contributed by atoms with Crippen LogP contribution in [-0.4, -0.2) is 38.5 Å². The molecular weight excluding hydrogens is 446 g/mol. The first-order valence-corrected chi connectivity index (χ1v) is 12.2. The Balaban J connectivity index is 1.49. The topological polar surface area (TPSA) is 111 Å². The number of rotatable bonds is 10. The molecule has 0 radical (unpaired) electrons. The van der Waals surface area contributed by atoms with Crippen LogP contribution in [0.4, 0.5) is 0 Å². The maximum atomic E-state index is 13.2. The number of ether oxygens (including phenoxy) is 1. The number of carboxylic acids is 1. The molecular formula is C27H31N3O5. The first-order chi connectivity index (χ1) is 16.9. The van der Waals surface area contributed by atoms with Crippen LogP contribution in [0.15, 0.2) is 47.3 Å². The average molecular weight is 478 g/mol. The fourth-order valence-corrected chi connectivity index (χ4v) is 4.96. The van der Waals surface area contributed by atoms with E-state index < -0.39 is 23.7 Å². The molecule has 35 heavy (non-hydrogen) atoms. The van der Waals surface area contributed by atoms with Crippen molar-refractivity contribution in [1.82, 2.24) is 15.0 Å². The molecule has 0 saturated heterocycles. The number of carbonyl (C=O) groups excluding carboxylic acids is 1. The van der Waals surface area contributed by atoms with E-state index in [1.807, 2.05) is 13.0 Å². The third-order valence-electron chi connectivity index (χ3n) is 6.85. The van der Waals surface area contributed by atoms with Gasteiger partial charge < -0.3 is 9.84 Å². The summed E-state index contributed by atoms with van der Waals surface area (Å²) in [5.74, 6) is -2.46. The summed E-state index contributed by atoms with van der Waals surface area (Å²) >= 11 is 0. The number of hydrogen-bond acceptors (Lipinski definition) is 6. The molecule has 0 spiro atoms. The van der Waals surface area contributed by atoms with E-state index in [0.29, 0.717) is 41.7 Å². The third-order valence-corrected chi connectivity index (χ3v) is 6.85. The number of Topliss-reactive ketones (excluding diaryl/α,β-unsaturated/α-hetero) is 1. The number of benzene rings is 2. The Morgan fingerprint density at radius 2 is 1.89 bits per heavy atom. The van der Waals surface area contributed by atoms with E-state index in [1.54, 1.807) is 36.4 Å². The maximum Gasteiger partial charge on any atom is 0.307 e. The lowest BCUT2D eigenvalue weighted by atomic mass is 9.84. The molecule has 1 fully saturated rings. The highest BCUT2D eigenvalue weighted by Gasteiger charge is 2.45. The van der Waals surface area contributed by atoms with Crippen LogP contribution in [0.25, 0.3) is 10.9 Å². The van der Waals surface area contributed by atoms with E-state index in [-0.39, 0.29) is 17.9 Å². The first-order valence-electron chi connectivity index (χ1n) is 12.2. The van der Waals surface area contributed by atoms with E-state index in [9.17, 15) is 19.5 Å². The predicted molar refractivity (Wildman–Crippen MR) is 132 cm³/mol. The normalized spacial score (nSPS) is 19.7. The molecule has 3 atom stereocenters. The van der Waals surface area contributed by atoms with E-state index in [2.05, 4.69) is 17.2 Å². The maximum absolute atomic E-state index is 13.2. The van der Waals surface area contributed by atoms with Gasteiger partial charge in [0.15, 0.2) is 5.78 Å². The van der Waals surface area contributed by atoms with E-state index >= 15 is 0 Å². The number of aliphatic carboxylic acids is 1. The molecule has 1 aliphatic carbocycles. The van der Waals surface area contributed by atoms with Gasteiger partial charge in [-0.25, -0.2) is 4.68 Å². The highest BCUT2D eigenvalue weighted by molar-refractivity contribution is 6.00. The average Bonchev–Trinajstić information content (AvgIpc) is 3.28. The van der Waals surface area contributed by atoms with Gasteiger partial charge in [0, 0.05) is 11.5 Å². The molecule has 0 bridgehead atoms. The van der Waals surface area contributed by atoms with E-state index in [0.717, 1.165) is 24.8 Å². The summed E-state index contributed by atoms with van der Waals surface area (Å²) in [5, 5.41) is 18.6. The predicted octanol–water partition coefficient (Wildman–Crippen LogP) is 4.28. The molecule has 1 aromatic heterocycles. The van der Waals surface area contributed by atoms with Crippen LogP contribution in [0, 0.1) is 24.7 Å². The van der Waals surface area contributed by atoms with Crippen LogP contribution in [0.5, 0.6) is 5.75 Å². The van der Waals surface area contributed by atoms with Crippen molar-refractivity contribution in [1.29, 1.82) is 0 Å². The number of nitrogens with zero attached hydrogens (tertiary/aromatic N) is 3. The molecule has 8 nitrogen and oxygen atoms in total. The lowest BCUT2D eigenvalue weighted by Gasteiger charge is -2.20. The van der Waals surface area contributed by atoms with Gasteiger partial charge in [-0.05, 0) is 68.5 Å². The van der Waals surface area contributed by atoms with Crippen molar-refractivity contribution < 1.29 is 19.4 Å². The smallest absolute Gasteiger partial charge is 0.307 e. The van der Waals surface area contributed by atoms with E-state index in [4.69, 9.17) is 4.74 Å². The second-order valence-corrected chi connectivity index (χ2v) is 9.35. The Labute approximate surface area is 203 Å². The molecule has 184 valence electrons. The number of ketones is 1. The molecule has 1 aliphatic rings. The number of aryl methyl sites for hydroxylation is 1. The minimum Gasteiger partial charge on any atom is -0.494 e. The van der Waals surface area contributed by atoms with Gasteiger partial charge >= 0.3 is 5.97 Å². The Bertz CT molecular complexity index is 1270. The molecule has 2 aromatic carbocycles. The fourth-order valence-electron chi connectivity index (χ4n) is 4.96. The number of carbonyl (C=O) groups is 2. The zero-order valence-electron chi connectivity index (χ0n) is 20.1. The van der Waals surface area contributed by atoms with Crippen molar-refractivity contribution in [3.05, 3.63) is 63.9 Å². The SMILES string of the molecule is CCCCCOc1ccc(C(=O)[C@H]2CC[C@@H](Cn3nnc4ccc(C)cc4c3=O)[C@@H]2C(=O)O)cc1. The standard InChI is InChI=1S/C27H31N3O5/c1-3-4-5-14-35-20-10-7-18(8-11-20)25(31)21-12-9-19(24(21)27(33)34)16-30-26(32)22-15-17(2)6-13-23(22)28-29-30/h6-8,10-11,13,15,19,21,24H,3-5,9,12,14,16H2,1-2H3,(H,33,34)/t19-,21-,24-/m0/s1. The minimum atomic E-state index is -1.03. The Kier molecular flexibility index (Phi) is 7.58. The molecule has 8 heteroatoms. The van der Waals surface area contributed by atoms with Gasteiger partial charge in [0.1, 0.15) is 11.3 Å². The highest BCUT2D eigenvalue weighted by Crippen LogP contribution is 2.40. The summed E-state index contributed by atoms with van der Waals surface area (Å²) in [7, 11) is 0. The molecule has 1 heterocycles. The lowest BCUT2D eigenvalue weighted by molar-refractivity contribution is -0.144. The van der Waals surface area contributed by atoms with Gasteiger partial charge in [-0.15, -0.1) is 5.10 Å². The molecule has 1 N–H and O–H groups in total. The molecule has 1 saturated carbocycles. The van der Waals surface area contributed by atoms with Crippen LogP contribution < -0.4 is 10.3 Å². The summed E-state index contributed by atoms with van der Waals surface area (Å²) < 4.78 is 6.95. The van der Waals surface area contributed by atoms with Gasteiger partial charge in [-0.3, -0.25) is 14.4 Å². The van der Waals surface area contributed by atoms with Crippen molar-refractivity contribution in [2.24, 2.45) is 17.8 Å². The van der Waals surface area contributed by atoms with Crippen LogP contribution in [0.2, 0.25) is 0 Å². The highest BCUT2D eigenvalue weighted by atomic mass is 16.5. The Morgan fingerprint density at radius 1 is 1.11 bits per heavy atom. The van der Waals surface area contributed by atoms with Crippen LogP contribution >= 0.6 is 0 Å². The largest absolute Gasteiger partial charge is 0.494 e. The van der Waals surface area contributed by atoms with Crippen LogP contribution in [0.1, 0.15) is 54.9 Å². The van der Waals surface area contributed by atoms with Gasteiger partial charge in [-0.2, -0.15) is 0 Å². The van der Waals surface area contributed by atoms with Crippen molar-refractivity contribution >= 4 is 22.7 Å². The van der Waals surface area contributed by atoms with E-state index in [1.165, 1.54) is 4.68 Å². The Morgan fingerprint density at radius 3 is 2.60 bits per heavy atom. The van der Waals surface area contributed by atoms with Crippen molar-refractivity contribution in [3.8, 4) is 5.75 Å². The summed E-state index contributed by atoms with van der Waals surface area (Å²) in [6.45, 7) is 4.76. The Hall–Kier alpha value is -3.55. The summed E-state index contributed by atoms with van der Waals surface area (Å²) in [6, 6.07) is 12.3. The quantitative estimate of drug-likeness (QED) is 0.343. The van der Waals surface area contributed by atoms with Crippen molar-refractivity contribution in [3.63, 3.8) is 0 Å². The molecule has 0 aliphatic heterocycles. The molecule has 3 aromatic rings. The van der Waals surface area contributed by atoms with Gasteiger partial charge in [-0.1, -0.05) is 36.6 Å². The molecule has 4 rings (SSSR count). The zero-order chi connectivity index (χ0) is 24.9. The lowest BCUT2D eigenvalue weighted by Crippen LogP contribution is -2.34. The third kappa shape index (κ3) is 5.42. The first kappa shape index (κ1) is 24.6. The molecule has 0 amide bonds. The van der Waals surface area contributed by atoms with Gasteiger partial charge in [0.05, 0.1) is 24.5 Å². The number of fused-ring (bicyclic) bond motifs is 1. The number of unbranched alkanes of at least 4 members (excludes halogenated alkanes) is 2. The summed E-state index contributed by atoms with van der Waals surface area (Å²) in [4.78, 5) is 38.4. The number of aromatic nitrogens is 3. The van der Waals surface area contributed by atoms with Crippen LogP contribution in [-0.2, 0) is 11.3 Å². The minimum absolute atomic E-state index is 0.112. The van der Waals surface area contributed by atoms with Crippen molar-refractivity contribution in [2.75, 3.05) is 6.61 Å². The summed E-state index contributed by atoms with van der Waals surface area (Å²) in [5.41, 5.74) is 1.61. The van der Waals surface area contributed by atoms with Gasteiger partial charge in [0.2, 0.25) is 0 Å².